The Bertz CT molecular complexity index is 673. The molecule has 96 valence electrons. The van der Waals surface area contributed by atoms with Crippen molar-refractivity contribution in [3.8, 4) is 0 Å². The molecule has 0 fully saturated rings. The highest BCUT2D eigenvalue weighted by Gasteiger charge is 2.20. The first-order valence-electron chi connectivity index (χ1n) is 4.75. The maximum absolute atomic E-state index is 12.0. The summed E-state index contributed by atoms with van der Waals surface area (Å²) in [5, 5.41) is 9.91. The van der Waals surface area contributed by atoms with E-state index in [4.69, 9.17) is 18.0 Å². The van der Waals surface area contributed by atoms with Crippen LogP contribution in [0.4, 0.5) is 5.82 Å². The summed E-state index contributed by atoms with van der Waals surface area (Å²) in [7, 11) is -2.16. The average molecular weight is 286 g/mol. The van der Waals surface area contributed by atoms with Crippen molar-refractivity contribution in [2.75, 3.05) is 4.72 Å². The van der Waals surface area contributed by atoms with Crippen molar-refractivity contribution in [1.29, 1.82) is 0 Å². The van der Waals surface area contributed by atoms with Gasteiger partial charge >= 0.3 is 0 Å². The van der Waals surface area contributed by atoms with Crippen LogP contribution in [0.2, 0.25) is 0 Å². The Hall–Kier alpha value is -1.94. The Labute approximate surface area is 108 Å². The number of sulfonamides is 1. The molecule has 10 heteroatoms. The molecule has 0 aliphatic rings. The van der Waals surface area contributed by atoms with E-state index < -0.39 is 10.0 Å². The highest BCUT2D eigenvalue weighted by atomic mass is 32.2. The van der Waals surface area contributed by atoms with Gasteiger partial charge in [-0.05, 0) is 0 Å². The summed E-state index contributed by atoms with van der Waals surface area (Å²) in [6.07, 6.45) is 3.85. The number of hydrogen-bond acceptors (Lipinski definition) is 5. The van der Waals surface area contributed by atoms with E-state index in [1.54, 1.807) is 7.05 Å². The second-order valence-corrected chi connectivity index (χ2v) is 5.56. The second kappa shape index (κ2) is 4.38. The molecular formula is C8H10N6O2S2. The van der Waals surface area contributed by atoms with Crippen LogP contribution in [0.5, 0.6) is 0 Å². The van der Waals surface area contributed by atoms with Crippen LogP contribution in [-0.2, 0) is 17.1 Å². The summed E-state index contributed by atoms with van der Waals surface area (Å²) in [6.45, 7) is 0. The minimum absolute atomic E-state index is 0.0117. The molecule has 0 aromatic carbocycles. The van der Waals surface area contributed by atoms with E-state index in [2.05, 4.69) is 20.0 Å². The van der Waals surface area contributed by atoms with Crippen LogP contribution in [0.1, 0.15) is 5.56 Å². The number of nitrogens with two attached hydrogens (primary N) is 1. The van der Waals surface area contributed by atoms with Gasteiger partial charge in [-0.2, -0.15) is 10.2 Å². The number of rotatable bonds is 4. The molecular weight excluding hydrogens is 276 g/mol. The number of anilines is 1. The molecule has 0 spiro atoms. The topological polar surface area (TPSA) is 119 Å². The highest BCUT2D eigenvalue weighted by Crippen LogP contribution is 2.18. The van der Waals surface area contributed by atoms with Gasteiger partial charge in [0.25, 0.3) is 10.0 Å². The number of hydrogen-bond donors (Lipinski definition) is 3. The van der Waals surface area contributed by atoms with E-state index in [1.165, 1.54) is 23.3 Å². The lowest BCUT2D eigenvalue weighted by Gasteiger charge is -2.08. The van der Waals surface area contributed by atoms with Crippen LogP contribution in [0.3, 0.4) is 0 Å². The molecule has 0 atom stereocenters. The minimum atomic E-state index is -3.74. The van der Waals surface area contributed by atoms with Crippen LogP contribution in [0.15, 0.2) is 23.5 Å². The monoisotopic (exact) mass is 286 g/mol. The average Bonchev–Trinajstić information content (AvgIpc) is 2.89. The van der Waals surface area contributed by atoms with Crippen LogP contribution < -0.4 is 10.5 Å². The van der Waals surface area contributed by atoms with Gasteiger partial charge in [0.15, 0.2) is 0 Å². The number of aryl methyl sites for hydroxylation is 1. The molecule has 2 aromatic heterocycles. The van der Waals surface area contributed by atoms with Crippen LogP contribution in [0, 0.1) is 0 Å². The maximum Gasteiger partial charge on any atom is 0.266 e. The minimum Gasteiger partial charge on any atom is -0.389 e. The third kappa shape index (κ3) is 2.19. The van der Waals surface area contributed by atoms with Crippen molar-refractivity contribution >= 4 is 33.0 Å². The number of nitrogens with zero attached hydrogens (tertiary/aromatic N) is 3. The van der Waals surface area contributed by atoms with Crippen molar-refractivity contribution in [3.05, 3.63) is 24.2 Å². The van der Waals surface area contributed by atoms with Gasteiger partial charge in [0, 0.05) is 13.2 Å². The fourth-order valence-corrected chi connectivity index (χ4v) is 2.47. The maximum atomic E-state index is 12.0. The zero-order valence-corrected chi connectivity index (χ0v) is 10.9. The molecule has 0 aliphatic carbocycles. The first-order chi connectivity index (χ1) is 8.42. The number of thiocarbonyl (C=S) groups is 1. The van der Waals surface area contributed by atoms with Gasteiger partial charge in [-0.25, -0.2) is 8.42 Å². The summed E-state index contributed by atoms with van der Waals surface area (Å²) >= 11 is 4.82. The Kier molecular flexibility index (Phi) is 3.05. The molecule has 2 heterocycles. The molecule has 0 radical (unpaired) electrons. The van der Waals surface area contributed by atoms with Gasteiger partial charge in [0.1, 0.15) is 15.7 Å². The van der Waals surface area contributed by atoms with Crippen molar-refractivity contribution < 1.29 is 8.42 Å². The summed E-state index contributed by atoms with van der Waals surface area (Å²) in [6, 6.07) is 0. The third-order valence-corrected chi connectivity index (χ3v) is 3.74. The molecule has 0 aliphatic heterocycles. The molecule has 8 nitrogen and oxygen atoms in total. The number of aromatic amines is 1. The SMILES string of the molecule is Cn1ncc(C(N)=S)c1NS(=O)(=O)c1cn[nH]c1. The zero-order valence-electron chi connectivity index (χ0n) is 9.28. The molecule has 4 N–H and O–H groups in total. The fourth-order valence-electron chi connectivity index (χ4n) is 1.31. The Morgan fingerprint density at radius 3 is 2.83 bits per heavy atom. The van der Waals surface area contributed by atoms with Crippen LogP contribution >= 0.6 is 12.2 Å². The number of H-pyrrole nitrogens is 1. The van der Waals surface area contributed by atoms with Gasteiger partial charge < -0.3 is 5.73 Å². The Morgan fingerprint density at radius 2 is 2.28 bits per heavy atom. The molecule has 2 aromatic rings. The number of nitrogens with one attached hydrogen (secondary N) is 2. The lowest BCUT2D eigenvalue weighted by Crippen LogP contribution is -2.18. The lowest BCUT2D eigenvalue weighted by atomic mass is 10.3. The lowest BCUT2D eigenvalue weighted by molar-refractivity contribution is 0.600. The zero-order chi connectivity index (χ0) is 13.3. The first-order valence-corrected chi connectivity index (χ1v) is 6.64. The van der Waals surface area contributed by atoms with Crippen molar-refractivity contribution in [3.63, 3.8) is 0 Å². The Balaban J connectivity index is 2.41. The van der Waals surface area contributed by atoms with Crippen LogP contribution in [0.25, 0.3) is 0 Å². The van der Waals surface area contributed by atoms with Crippen LogP contribution in [-0.4, -0.2) is 33.4 Å². The first kappa shape index (κ1) is 12.5. The summed E-state index contributed by atoms with van der Waals surface area (Å²) in [4.78, 5) is 0.0746. The summed E-state index contributed by atoms with van der Waals surface area (Å²) < 4.78 is 27.7. The van der Waals surface area contributed by atoms with Crippen molar-refractivity contribution in [2.45, 2.75) is 4.90 Å². The van der Waals surface area contributed by atoms with Gasteiger partial charge in [-0.3, -0.25) is 14.5 Å². The summed E-state index contributed by atoms with van der Waals surface area (Å²) in [5.74, 6) is 0.212. The van der Waals surface area contributed by atoms with Gasteiger partial charge in [0.05, 0.1) is 18.0 Å². The molecule has 18 heavy (non-hydrogen) atoms. The largest absolute Gasteiger partial charge is 0.389 e. The van der Waals surface area contributed by atoms with E-state index in [9.17, 15) is 8.42 Å². The molecule has 2 rings (SSSR count). The van der Waals surface area contributed by atoms with Gasteiger partial charge in [-0.1, -0.05) is 12.2 Å². The van der Waals surface area contributed by atoms with E-state index in [0.29, 0.717) is 5.56 Å². The van der Waals surface area contributed by atoms with Crippen molar-refractivity contribution in [2.24, 2.45) is 12.8 Å². The second-order valence-electron chi connectivity index (χ2n) is 3.43. The summed E-state index contributed by atoms with van der Waals surface area (Å²) in [5.41, 5.74) is 5.85. The van der Waals surface area contributed by atoms with Crippen molar-refractivity contribution in [1.82, 2.24) is 20.0 Å². The third-order valence-electron chi connectivity index (χ3n) is 2.22. The van der Waals surface area contributed by atoms with E-state index in [-0.39, 0.29) is 15.7 Å². The van der Waals surface area contributed by atoms with Gasteiger partial charge in [0.2, 0.25) is 0 Å². The normalized spacial score (nSPS) is 11.4. The fraction of sp³-hybridized carbons (Fsp3) is 0.125. The Morgan fingerprint density at radius 1 is 1.56 bits per heavy atom. The van der Waals surface area contributed by atoms with E-state index in [0.717, 1.165) is 0 Å². The number of aromatic nitrogens is 4. The highest BCUT2D eigenvalue weighted by molar-refractivity contribution is 7.92. The molecule has 0 saturated heterocycles. The quantitative estimate of drug-likeness (QED) is 0.657. The molecule has 0 amide bonds. The predicted octanol–water partition coefficient (Wildman–Crippen LogP) is -0.422. The molecule has 0 unspecified atom stereocenters. The standard InChI is InChI=1S/C8H10N6O2S2/c1-14-8(6(4-12-14)7(9)17)13-18(15,16)5-2-10-11-3-5/h2-4,13H,1H3,(H2,9,17)(H,10,11). The van der Waals surface area contributed by atoms with E-state index >= 15 is 0 Å². The smallest absolute Gasteiger partial charge is 0.266 e. The molecule has 0 saturated carbocycles. The predicted molar refractivity (Wildman–Crippen MR) is 68.5 cm³/mol. The molecule has 0 bridgehead atoms. The van der Waals surface area contributed by atoms with E-state index in [1.807, 2.05) is 0 Å². The van der Waals surface area contributed by atoms with Gasteiger partial charge in [-0.15, -0.1) is 0 Å².